The van der Waals surface area contributed by atoms with Crippen LogP contribution in [-0.2, 0) is 16.1 Å². The van der Waals surface area contributed by atoms with Crippen LogP contribution in [0.1, 0.15) is 10.5 Å². The Kier molecular flexibility index (Phi) is 4.07. The smallest absolute Gasteiger partial charge is 0.369 e. The molecule has 0 spiro atoms. The molecule has 94 valence electrons. The second kappa shape index (κ2) is 5.32. The maximum Gasteiger partial charge on any atom is 0.369 e. The van der Waals surface area contributed by atoms with Crippen molar-refractivity contribution >= 4 is 11.7 Å². The van der Waals surface area contributed by atoms with E-state index in [-0.39, 0.29) is 16.3 Å². The van der Waals surface area contributed by atoms with E-state index in [2.05, 4.69) is 14.7 Å². The molecule has 0 saturated carbocycles. The normalized spacial score (nSPS) is 10.4. The highest BCUT2D eigenvalue weighted by atomic mass is 19.3. The number of rotatable bonds is 5. The van der Waals surface area contributed by atoms with E-state index in [4.69, 9.17) is 0 Å². The Labute approximate surface area is 94.4 Å². The third kappa shape index (κ3) is 2.95. The summed E-state index contributed by atoms with van der Waals surface area (Å²) in [6.07, 6.45) is -1.68. The average molecular weight is 250 g/mol. The van der Waals surface area contributed by atoms with Crippen LogP contribution < -0.4 is 0 Å². The number of ether oxygens (including phenoxy) is 1. The van der Waals surface area contributed by atoms with Crippen LogP contribution in [0.5, 0.6) is 0 Å². The van der Waals surface area contributed by atoms with E-state index in [9.17, 15) is 18.5 Å². The van der Waals surface area contributed by atoms with Gasteiger partial charge < -0.3 is 4.74 Å². The predicted octanol–water partition coefficient (Wildman–Crippen LogP) is 0.907. The summed E-state index contributed by atoms with van der Waals surface area (Å²) in [7, 11) is 2.15. The molecule has 0 aliphatic rings. The lowest BCUT2D eigenvalue weighted by Gasteiger charge is -1.97. The molecule has 1 heterocycles. The van der Waals surface area contributed by atoms with Gasteiger partial charge in [0.25, 0.3) is 17.0 Å². The first-order valence-electron chi connectivity index (χ1n) is 4.44. The fourth-order valence-corrected chi connectivity index (χ4v) is 1.12. The highest BCUT2D eigenvalue weighted by molar-refractivity contribution is 5.91. The minimum atomic E-state index is -2.66. The molecule has 0 radical (unpaired) electrons. The first-order chi connectivity index (χ1) is 7.99. The van der Waals surface area contributed by atoms with Crippen molar-refractivity contribution < 1.29 is 28.1 Å². The summed E-state index contributed by atoms with van der Waals surface area (Å²) in [4.78, 5) is 26.8. The van der Waals surface area contributed by atoms with Gasteiger partial charge in [0.1, 0.15) is 12.7 Å². The number of aromatic nitrogens is 2. The molecule has 0 aliphatic heterocycles. The molecular weight excluding hydrogens is 240 g/mol. The van der Waals surface area contributed by atoms with Crippen molar-refractivity contribution in [2.24, 2.45) is 0 Å². The van der Waals surface area contributed by atoms with Crippen LogP contribution in [0.15, 0.2) is 6.20 Å². The Morgan fingerprint density at radius 1 is 1.59 bits per heavy atom. The molecule has 0 unspecified atom stereocenters. The topological polar surface area (TPSA) is 73.4 Å². The highest BCUT2D eigenvalue weighted by Gasteiger charge is 2.31. The minimum absolute atomic E-state index is 0.0127. The van der Waals surface area contributed by atoms with Crippen LogP contribution in [0.4, 0.5) is 14.5 Å². The van der Waals surface area contributed by atoms with Gasteiger partial charge in [-0.05, 0) is 0 Å². The molecule has 9 heteroatoms. The number of hydrogen-bond donors (Lipinski definition) is 0. The van der Waals surface area contributed by atoms with Gasteiger partial charge >= 0.3 is 11.7 Å². The zero-order valence-corrected chi connectivity index (χ0v) is 9.09. The molecule has 1 rings (SSSR count). The summed E-state index contributed by atoms with van der Waals surface area (Å²) in [6, 6.07) is 0. The standard InChI is InChI=1S/C8H10F2N3O4/c1-16-8(14)7-5(13(15)17-2)3-12(11-7)4-6(9)10/h3,6H,4H2,1-2H3/q+1. The number of carbonyl (C=O) groups excluding carboxylic acids is 1. The van der Waals surface area contributed by atoms with Gasteiger partial charge in [-0.15, -0.1) is 0 Å². The van der Waals surface area contributed by atoms with Gasteiger partial charge in [0.05, 0.1) is 12.0 Å². The van der Waals surface area contributed by atoms with Gasteiger partial charge in [-0.3, -0.25) is 4.68 Å². The molecule has 0 aromatic carbocycles. The second-order valence-electron chi connectivity index (χ2n) is 2.91. The highest BCUT2D eigenvalue weighted by Crippen LogP contribution is 2.18. The minimum Gasteiger partial charge on any atom is -0.464 e. The van der Waals surface area contributed by atoms with Crippen LogP contribution in [0.3, 0.4) is 0 Å². The third-order valence-corrected chi connectivity index (χ3v) is 1.81. The van der Waals surface area contributed by atoms with Crippen LogP contribution in [0, 0.1) is 4.91 Å². The molecule has 0 atom stereocenters. The van der Waals surface area contributed by atoms with Crippen molar-refractivity contribution in [1.82, 2.24) is 9.78 Å². The number of nitrogens with zero attached hydrogens (tertiary/aromatic N) is 3. The molecule has 1 aromatic rings. The van der Waals surface area contributed by atoms with E-state index < -0.39 is 18.9 Å². The van der Waals surface area contributed by atoms with Crippen molar-refractivity contribution in [3.63, 3.8) is 0 Å². The summed E-state index contributed by atoms with van der Waals surface area (Å²) >= 11 is 0. The van der Waals surface area contributed by atoms with Crippen molar-refractivity contribution in [1.29, 1.82) is 0 Å². The van der Waals surface area contributed by atoms with Crippen LogP contribution >= 0.6 is 0 Å². The Bertz CT molecular complexity index is 399. The first-order valence-corrected chi connectivity index (χ1v) is 4.44. The largest absolute Gasteiger partial charge is 0.464 e. The summed E-state index contributed by atoms with van der Waals surface area (Å²) in [5.74, 6) is -0.911. The maximum atomic E-state index is 12.1. The average Bonchev–Trinajstić information content (AvgIpc) is 2.69. The fraction of sp³-hybridized carbons (Fsp3) is 0.500. The predicted molar refractivity (Wildman–Crippen MR) is 49.9 cm³/mol. The number of esters is 1. The lowest BCUT2D eigenvalue weighted by Crippen LogP contribution is -2.10. The number of hydrogen-bond acceptors (Lipinski definition) is 5. The van der Waals surface area contributed by atoms with E-state index in [0.29, 0.717) is 0 Å². The summed E-state index contributed by atoms with van der Waals surface area (Å²) in [6.45, 7) is -0.735. The summed E-state index contributed by atoms with van der Waals surface area (Å²) in [5, 5.41) is 3.53. The number of carbonyl (C=O) groups is 1. The lowest BCUT2D eigenvalue weighted by atomic mass is 10.4. The van der Waals surface area contributed by atoms with Gasteiger partial charge in [-0.25, -0.2) is 18.4 Å². The molecule has 0 bridgehead atoms. The molecule has 7 nitrogen and oxygen atoms in total. The van der Waals surface area contributed by atoms with Gasteiger partial charge in [0.15, 0.2) is 7.11 Å². The maximum absolute atomic E-state index is 12.1. The zero-order valence-electron chi connectivity index (χ0n) is 9.09. The van der Waals surface area contributed by atoms with E-state index >= 15 is 0 Å². The SMILES string of the molecule is COC(=O)c1nn(CC(F)F)cc1[N+](=O)OC. The molecule has 0 saturated heterocycles. The Morgan fingerprint density at radius 3 is 2.71 bits per heavy atom. The summed E-state index contributed by atoms with van der Waals surface area (Å²) < 4.78 is 29.4. The quantitative estimate of drug-likeness (QED) is 0.573. The van der Waals surface area contributed by atoms with E-state index in [1.807, 2.05) is 0 Å². The molecule has 0 fully saturated rings. The monoisotopic (exact) mass is 250 g/mol. The Morgan fingerprint density at radius 2 is 2.24 bits per heavy atom. The van der Waals surface area contributed by atoms with Crippen molar-refractivity contribution in [3.8, 4) is 0 Å². The molecule has 1 aromatic heterocycles. The van der Waals surface area contributed by atoms with Crippen LogP contribution in [0.2, 0.25) is 0 Å². The molecule has 0 amide bonds. The van der Waals surface area contributed by atoms with E-state index in [0.717, 1.165) is 25.1 Å². The Hall–Kier alpha value is -2.06. The van der Waals surface area contributed by atoms with Crippen LogP contribution in [-0.4, -0.2) is 41.3 Å². The lowest BCUT2D eigenvalue weighted by molar-refractivity contribution is -0.736. The van der Waals surface area contributed by atoms with Gasteiger partial charge in [-0.2, -0.15) is 5.10 Å². The third-order valence-electron chi connectivity index (χ3n) is 1.81. The number of alkyl halides is 2. The molecular formula is C8H10F2N3O4+. The molecule has 17 heavy (non-hydrogen) atoms. The van der Waals surface area contributed by atoms with Crippen molar-refractivity contribution in [2.75, 3.05) is 14.2 Å². The number of methoxy groups -OCH3 is 1. The summed E-state index contributed by atoms with van der Waals surface area (Å²) in [5.41, 5.74) is -0.676. The van der Waals surface area contributed by atoms with Crippen LogP contribution in [0.25, 0.3) is 0 Å². The van der Waals surface area contributed by atoms with Crippen molar-refractivity contribution in [2.45, 2.75) is 13.0 Å². The van der Waals surface area contributed by atoms with Gasteiger partial charge in [-0.1, -0.05) is 0 Å². The zero-order chi connectivity index (χ0) is 13.0. The van der Waals surface area contributed by atoms with E-state index in [1.165, 1.54) is 0 Å². The second-order valence-corrected chi connectivity index (χ2v) is 2.91. The number of halogens is 2. The Balaban J connectivity index is 3.11. The van der Waals surface area contributed by atoms with Crippen molar-refractivity contribution in [3.05, 3.63) is 16.8 Å². The molecule has 0 aliphatic carbocycles. The first kappa shape index (κ1) is 13.0. The molecule has 0 N–H and O–H groups in total. The van der Waals surface area contributed by atoms with Gasteiger partial charge in [0, 0.05) is 0 Å². The fourth-order valence-electron chi connectivity index (χ4n) is 1.12. The van der Waals surface area contributed by atoms with E-state index in [1.54, 1.807) is 0 Å². The van der Waals surface area contributed by atoms with Gasteiger partial charge in [0.2, 0.25) is 0 Å².